The van der Waals surface area contributed by atoms with Gasteiger partial charge in [-0.1, -0.05) is 16.8 Å². The minimum absolute atomic E-state index is 0.199. The van der Waals surface area contributed by atoms with Crippen molar-refractivity contribution in [2.24, 2.45) is 0 Å². The number of halogens is 1. The second-order valence-electron chi connectivity index (χ2n) is 7.29. The molecule has 4 heterocycles. The van der Waals surface area contributed by atoms with Crippen molar-refractivity contribution in [2.45, 2.75) is 38.2 Å². The molecule has 1 aliphatic carbocycles. The summed E-state index contributed by atoms with van der Waals surface area (Å²) in [4.78, 5) is 8.69. The topological polar surface area (TPSA) is 74.2 Å². The molecule has 0 spiro atoms. The van der Waals surface area contributed by atoms with Crippen molar-refractivity contribution in [2.75, 3.05) is 0 Å². The van der Waals surface area contributed by atoms with E-state index in [0.717, 1.165) is 59.5 Å². The molecule has 0 radical (unpaired) electrons. The highest BCUT2D eigenvalue weighted by atomic mass is 35.5. The van der Waals surface area contributed by atoms with E-state index in [9.17, 15) is 0 Å². The van der Waals surface area contributed by atoms with E-state index in [1.54, 1.807) is 6.26 Å². The zero-order valence-electron chi connectivity index (χ0n) is 14.9. The van der Waals surface area contributed by atoms with E-state index in [0.29, 0.717) is 22.7 Å². The molecule has 140 valence electrons. The number of ether oxygens (including phenoxy) is 1. The molecule has 0 amide bonds. The summed E-state index contributed by atoms with van der Waals surface area (Å²) < 4.78 is 17.7. The number of aromatic nitrogens is 3. The van der Waals surface area contributed by atoms with Gasteiger partial charge in [-0.3, -0.25) is 0 Å². The van der Waals surface area contributed by atoms with E-state index in [-0.39, 0.29) is 6.10 Å². The first-order chi connectivity index (χ1) is 13.8. The molecule has 0 unspecified atom stereocenters. The Hall–Kier alpha value is -2.86. The largest absolute Gasteiger partial charge is 0.481 e. The van der Waals surface area contributed by atoms with Gasteiger partial charge in [-0.15, -0.1) is 0 Å². The van der Waals surface area contributed by atoms with Crippen LogP contribution in [0.15, 0.2) is 39.7 Å². The Morgan fingerprint density at radius 3 is 3.00 bits per heavy atom. The average molecular weight is 394 g/mol. The van der Waals surface area contributed by atoms with E-state index in [4.69, 9.17) is 25.3 Å². The highest BCUT2D eigenvalue weighted by Crippen LogP contribution is 2.46. The minimum Gasteiger partial charge on any atom is -0.481 e. The molecule has 0 bridgehead atoms. The van der Waals surface area contributed by atoms with Crippen LogP contribution in [0.2, 0.25) is 5.02 Å². The zero-order valence-corrected chi connectivity index (χ0v) is 15.7. The number of benzene rings is 1. The summed E-state index contributed by atoms with van der Waals surface area (Å²) in [7, 11) is 0. The van der Waals surface area contributed by atoms with Crippen molar-refractivity contribution in [3.8, 4) is 17.0 Å². The van der Waals surface area contributed by atoms with Gasteiger partial charge in [-0.25, -0.2) is 9.97 Å². The number of furan rings is 1. The summed E-state index contributed by atoms with van der Waals surface area (Å²) in [5.74, 6) is 1.62. The molecular weight excluding hydrogens is 378 g/mol. The molecular formula is C21H16ClN3O3. The molecule has 2 aliphatic rings. The number of fused-ring (bicyclic) bond motifs is 3. The summed E-state index contributed by atoms with van der Waals surface area (Å²) in [6, 6.07) is 5.63. The van der Waals surface area contributed by atoms with Crippen LogP contribution in [0.4, 0.5) is 0 Å². The first-order valence-electron chi connectivity index (χ1n) is 9.43. The van der Waals surface area contributed by atoms with Crippen molar-refractivity contribution in [1.82, 2.24) is 15.1 Å². The summed E-state index contributed by atoms with van der Waals surface area (Å²) in [6.45, 7) is 0. The maximum absolute atomic E-state index is 6.43. The van der Waals surface area contributed by atoms with E-state index in [2.05, 4.69) is 15.1 Å². The molecule has 1 atom stereocenters. The fraction of sp³-hybridized carbons (Fsp3) is 0.286. The van der Waals surface area contributed by atoms with Gasteiger partial charge in [-0.2, -0.15) is 0 Å². The Morgan fingerprint density at radius 1 is 1.11 bits per heavy atom. The number of nitrogens with zero attached hydrogens (tertiary/aromatic N) is 3. The minimum atomic E-state index is -0.199. The Bertz CT molecular complexity index is 1210. The lowest BCUT2D eigenvalue weighted by Gasteiger charge is -2.14. The van der Waals surface area contributed by atoms with Crippen LogP contribution in [0.25, 0.3) is 22.4 Å². The van der Waals surface area contributed by atoms with Crippen LogP contribution in [0.5, 0.6) is 5.75 Å². The van der Waals surface area contributed by atoms with E-state index in [1.165, 1.54) is 11.9 Å². The SMILES string of the molecule is Clc1cc2c(c(-c3ncnc4ccoc34)c1)O[C@@H](c1onc3c1CCCC3)C2. The maximum Gasteiger partial charge on any atom is 0.181 e. The number of hydrogen-bond acceptors (Lipinski definition) is 6. The van der Waals surface area contributed by atoms with Crippen LogP contribution in [-0.4, -0.2) is 15.1 Å². The van der Waals surface area contributed by atoms with Gasteiger partial charge in [0.05, 0.1) is 12.0 Å². The molecule has 0 saturated heterocycles. The lowest BCUT2D eigenvalue weighted by molar-refractivity contribution is 0.189. The first kappa shape index (κ1) is 16.1. The quantitative estimate of drug-likeness (QED) is 0.472. The van der Waals surface area contributed by atoms with Gasteiger partial charge < -0.3 is 13.7 Å². The third-order valence-electron chi connectivity index (χ3n) is 5.58. The normalized spacial score (nSPS) is 18.1. The van der Waals surface area contributed by atoms with Crippen LogP contribution in [0.3, 0.4) is 0 Å². The highest BCUT2D eigenvalue weighted by molar-refractivity contribution is 6.31. The van der Waals surface area contributed by atoms with Crippen LogP contribution in [0.1, 0.15) is 41.5 Å². The Balaban J connectivity index is 1.46. The van der Waals surface area contributed by atoms with E-state index < -0.39 is 0 Å². The van der Waals surface area contributed by atoms with Crippen LogP contribution in [-0.2, 0) is 19.3 Å². The number of aryl methyl sites for hydroxylation is 1. The Labute approximate surface area is 165 Å². The van der Waals surface area contributed by atoms with Crippen LogP contribution < -0.4 is 4.74 Å². The van der Waals surface area contributed by atoms with Crippen LogP contribution in [0, 0.1) is 0 Å². The standard InChI is InChI=1S/C21H16ClN3O3/c22-12-7-11-8-17(20-13-3-1-2-4-15(13)25-28-20)27-19(11)14(9-12)18-21-16(5-6-26-21)23-10-24-18/h5-7,9-10,17H,1-4,8H2/t17-/m1/s1. The lowest BCUT2D eigenvalue weighted by atomic mass is 9.93. The van der Waals surface area contributed by atoms with Gasteiger partial charge in [0.2, 0.25) is 0 Å². The van der Waals surface area contributed by atoms with Crippen molar-refractivity contribution >= 4 is 22.7 Å². The molecule has 6 nitrogen and oxygen atoms in total. The molecule has 7 heteroatoms. The summed E-state index contributed by atoms with van der Waals surface area (Å²) in [5.41, 5.74) is 6.18. The molecule has 0 fully saturated rings. The fourth-order valence-electron chi connectivity index (χ4n) is 4.30. The van der Waals surface area contributed by atoms with Crippen molar-refractivity contribution < 1.29 is 13.7 Å². The molecule has 4 aromatic rings. The Kier molecular flexibility index (Phi) is 3.50. The van der Waals surface area contributed by atoms with Gasteiger partial charge in [0.15, 0.2) is 17.4 Å². The summed E-state index contributed by atoms with van der Waals surface area (Å²) in [6.07, 6.45) is 7.93. The lowest BCUT2D eigenvalue weighted by Crippen LogP contribution is -2.08. The van der Waals surface area contributed by atoms with Gasteiger partial charge in [0.1, 0.15) is 23.3 Å². The number of hydrogen-bond donors (Lipinski definition) is 0. The summed E-state index contributed by atoms with van der Waals surface area (Å²) in [5, 5.41) is 4.91. The maximum atomic E-state index is 6.43. The van der Waals surface area contributed by atoms with Gasteiger partial charge in [-0.05, 0) is 37.8 Å². The third kappa shape index (κ3) is 2.37. The highest BCUT2D eigenvalue weighted by Gasteiger charge is 2.34. The molecule has 28 heavy (non-hydrogen) atoms. The monoisotopic (exact) mass is 393 g/mol. The molecule has 0 saturated carbocycles. The number of rotatable bonds is 2. The van der Waals surface area contributed by atoms with Crippen molar-refractivity contribution in [3.63, 3.8) is 0 Å². The third-order valence-corrected chi connectivity index (χ3v) is 5.80. The zero-order chi connectivity index (χ0) is 18.7. The molecule has 1 aromatic carbocycles. The average Bonchev–Trinajstić information content (AvgIpc) is 3.43. The first-order valence-corrected chi connectivity index (χ1v) is 9.80. The smallest absolute Gasteiger partial charge is 0.181 e. The molecule has 3 aromatic heterocycles. The van der Waals surface area contributed by atoms with Gasteiger partial charge >= 0.3 is 0 Å². The van der Waals surface area contributed by atoms with E-state index in [1.807, 2.05) is 18.2 Å². The molecule has 1 aliphatic heterocycles. The molecule has 6 rings (SSSR count). The summed E-state index contributed by atoms with van der Waals surface area (Å²) >= 11 is 6.43. The second-order valence-corrected chi connectivity index (χ2v) is 7.73. The second kappa shape index (κ2) is 6.07. The van der Waals surface area contributed by atoms with Crippen molar-refractivity contribution in [3.05, 3.63) is 58.4 Å². The van der Waals surface area contributed by atoms with Crippen molar-refractivity contribution in [1.29, 1.82) is 0 Å². The predicted molar refractivity (Wildman–Crippen MR) is 102 cm³/mol. The van der Waals surface area contributed by atoms with Crippen LogP contribution >= 0.6 is 11.6 Å². The van der Waals surface area contributed by atoms with E-state index >= 15 is 0 Å². The molecule has 0 N–H and O–H groups in total. The predicted octanol–water partition coefficient (Wildman–Crippen LogP) is 5.09. The Morgan fingerprint density at radius 2 is 2.04 bits per heavy atom. The van der Waals surface area contributed by atoms with Gasteiger partial charge in [0, 0.05) is 34.2 Å². The fourth-order valence-corrected chi connectivity index (χ4v) is 4.54. The van der Waals surface area contributed by atoms with Gasteiger partial charge in [0.25, 0.3) is 0 Å².